The number of pyridine rings is 1. The molecular weight excluding hydrogens is 280 g/mol. The summed E-state index contributed by atoms with van der Waals surface area (Å²) in [5.41, 5.74) is 0.821. The lowest BCUT2D eigenvalue weighted by Crippen LogP contribution is -2.46. The molecule has 1 rings (SSSR count). The maximum atomic E-state index is 11.9. The van der Waals surface area contributed by atoms with Crippen LogP contribution in [0.5, 0.6) is 0 Å². The first-order valence-electron chi connectivity index (χ1n) is 7.43. The predicted molar refractivity (Wildman–Crippen MR) is 86.3 cm³/mol. The number of rotatable bonds is 7. The van der Waals surface area contributed by atoms with Gasteiger partial charge in [-0.05, 0) is 32.9 Å². The fourth-order valence-electron chi connectivity index (χ4n) is 1.67. The van der Waals surface area contributed by atoms with Gasteiger partial charge < -0.3 is 15.5 Å². The highest BCUT2D eigenvalue weighted by Gasteiger charge is 2.13. The Morgan fingerprint density at radius 3 is 2.55 bits per heavy atom. The van der Waals surface area contributed by atoms with E-state index in [1.807, 2.05) is 39.0 Å². The minimum atomic E-state index is -0.179. The van der Waals surface area contributed by atoms with Gasteiger partial charge in [0.05, 0.1) is 13.1 Å². The zero-order valence-electron chi connectivity index (χ0n) is 13.8. The Labute approximate surface area is 132 Å². The largest absolute Gasteiger partial charge is 0.346 e. The molecule has 1 aromatic rings. The molecule has 122 valence electrons. The number of aromatic nitrogens is 1. The van der Waals surface area contributed by atoms with Gasteiger partial charge in [0.2, 0.25) is 11.8 Å². The average molecular weight is 306 g/mol. The van der Waals surface area contributed by atoms with Crippen LogP contribution in [0.15, 0.2) is 24.4 Å². The second kappa shape index (κ2) is 8.48. The molecule has 2 amide bonds. The van der Waals surface area contributed by atoms with Crippen molar-refractivity contribution in [1.29, 1.82) is 0 Å². The van der Waals surface area contributed by atoms with Gasteiger partial charge in [0.15, 0.2) is 0 Å². The molecule has 0 aromatic carbocycles. The van der Waals surface area contributed by atoms with E-state index in [4.69, 9.17) is 0 Å². The number of nitrogens with one attached hydrogen (secondary N) is 2. The summed E-state index contributed by atoms with van der Waals surface area (Å²) in [5.74, 6) is -0.290. The fourth-order valence-corrected chi connectivity index (χ4v) is 1.67. The standard InChI is InChI=1S/C16H26N4O2/c1-16(2,3)19-11-14(21)18-12-15(22)20(4)10-8-13-7-5-6-9-17-13/h5-7,9,19H,8,10-12H2,1-4H3,(H,18,21). The van der Waals surface area contributed by atoms with Crippen molar-refractivity contribution in [3.63, 3.8) is 0 Å². The molecule has 0 unspecified atom stereocenters. The summed E-state index contributed by atoms with van der Waals surface area (Å²) in [4.78, 5) is 29.4. The van der Waals surface area contributed by atoms with Gasteiger partial charge >= 0.3 is 0 Å². The van der Waals surface area contributed by atoms with Gasteiger partial charge in [0, 0.05) is 37.4 Å². The van der Waals surface area contributed by atoms with Gasteiger partial charge in [-0.1, -0.05) is 6.07 Å². The Kier molecular flexibility index (Phi) is 6.98. The van der Waals surface area contributed by atoms with Crippen molar-refractivity contribution in [2.45, 2.75) is 32.7 Å². The number of hydrogen-bond acceptors (Lipinski definition) is 4. The van der Waals surface area contributed by atoms with Crippen LogP contribution in [0.1, 0.15) is 26.5 Å². The van der Waals surface area contributed by atoms with Gasteiger partial charge in [-0.15, -0.1) is 0 Å². The minimum Gasteiger partial charge on any atom is -0.346 e. The van der Waals surface area contributed by atoms with Gasteiger partial charge in [-0.2, -0.15) is 0 Å². The Morgan fingerprint density at radius 1 is 1.23 bits per heavy atom. The Morgan fingerprint density at radius 2 is 1.95 bits per heavy atom. The normalized spacial score (nSPS) is 11.1. The van der Waals surface area contributed by atoms with Gasteiger partial charge in [-0.25, -0.2) is 0 Å². The van der Waals surface area contributed by atoms with Crippen LogP contribution in [0, 0.1) is 0 Å². The van der Waals surface area contributed by atoms with E-state index in [0.717, 1.165) is 5.69 Å². The molecule has 0 atom stereocenters. The molecular formula is C16H26N4O2. The second-order valence-electron chi connectivity index (χ2n) is 6.27. The molecule has 0 radical (unpaired) electrons. The Hall–Kier alpha value is -1.95. The molecule has 0 aliphatic carbocycles. The molecule has 0 spiro atoms. The van der Waals surface area contributed by atoms with E-state index in [2.05, 4.69) is 15.6 Å². The first kappa shape index (κ1) is 18.1. The summed E-state index contributed by atoms with van der Waals surface area (Å²) in [6.45, 7) is 6.74. The molecule has 2 N–H and O–H groups in total. The van der Waals surface area contributed by atoms with Crippen LogP contribution in [0.3, 0.4) is 0 Å². The third-order valence-electron chi connectivity index (χ3n) is 3.07. The van der Waals surface area contributed by atoms with Crippen molar-refractivity contribution in [3.05, 3.63) is 30.1 Å². The minimum absolute atomic E-state index is 0.0172. The number of carbonyl (C=O) groups excluding carboxylic acids is 2. The smallest absolute Gasteiger partial charge is 0.241 e. The SMILES string of the molecule is CN(CCc1ccccn1)C(=O)CNC(=O)CNC(C)(C)C. The van der Waals surface area contributed by atoms with E-state index in [9.17, 15) is 9.59 Å². The highest BCUT2D eigenvalue weighted by molar-refractivity contribution is 5.85. The molecule has 1 aromatic heterocycles. The topological polar surface area (TPSA) is 74.3 Å². The highest BCUT2D eigenvalue weighted by atomic mass is 16.2. The number of amides is 2. The monoisotopic (exact) mass is 306 g/mol. The molecule has 0 aliphatic heterocycles. The van der Waals surface area contributed by atoms with E-state index in [1.54, 1.807) is 18.1 Å². The average Bonchev–Trinajstić information content (AvgIpc) is 2.48. The summed E-state index contributed by atoms with van der Waals surface area (Å²) in [6.07, 6.45) is 2.43. The molecule has 6 nitrogen and oxygen atoms in total. The number of nitrogens with zero attached hydrogens (tertiary/aromatic N) is 2. The van der Waals surface area contributed by atoms with Crippen molar-refractivity contribution in [1.82, 2.24) is 20.5 Å². The quantitative estimate of drug-likeness (QED) is 0.773. The Balaban J connectivity index is 2.25. The summed E-state index contributed by atoms with van der Waals surface area (Å²) in [5, 5.41) is 5.70. The van der Waals surface area contributed by atoms with Crippen LogP contribution in [0.25, 0.3) is 0 Å². The van der Waals surface area contributed by atoms with Crippen molar-refractivity contribution < 1.29 is 9.59 Å². The van der Waals surface area contributed by atoms with Crippen molar-refractivity contribution >= 4 is 11.8 Å². The van der Waals surface area contributed by atoms with E-state index in [0.29, 0.717) is 13.0 Å². The maximum Gasteiger partial charge on any atom is 0.241 e. The second-order valence-corrected chi connectivity index (χ2v) is 6.27. The summed E-state index contributed by atoms with van der Waals surface area (Å²) >= 11 is 0. The summed E-state index contributed by atoms with van der Waals surface area (Å²) in [7, 11) is 1.73. The van der Waals surface area contributed by atoms with Crippen molar-refractivity contribution in [2.24, 2.45) is 0 Å². The molecule has 1 heterocycles. The first-order chi connectivity index (χ1) is 10.3. The zero-order valence-corrected chi connectivity index (χ0v) is 13.8. The van der Waals surface area contributed by atoms with Crippen LogP contribution in [-0.4, -0.2) is 53.9 Å². The molecule has 22 heavy (non-hydrogen) atoms. The lowest BCUT2D eigenvalue weighted by atomic mass is 10.1. The van der Waals surface area contributed by atoms with Crippen molar-refractivity contribution in [2.75, 3.05) is 26.7 Å². The van der Waals surface area contributed by atoms with Crippen LogP contribution >= 0.6 is 0 Å². The van der Waals surface area contributed by atoms with Crippen LogP contribution in [-0.2, 0) is 16.0 Å². The number of carbonyl (C=O) groups is 2. The molecule has 0 bridgehead atoms. The highest BCUT2D eigenvalue weighted by Crippen LogP contribution is 1.97. The number of hydrogen-bond donors (Lipinski definition) is 2. The molecule has 0 saturated heterocycles. The maximum absolute atomic E-state index is 11.9. The van der Waals surface area contributed by atoms with E-state index < -0.39 is 0 Å². The molecule has 0 fully saturated rings. The first-order valence-corrected chi connectivity index (χ1v) is 7.43. The predicted octanol–water partition coefficient (Wildman–Crippen LogP) is 0.587. The lowest BCUT2D eigenvalue weighted by molar-refractivity contribution is -0.131. The van der Waals surface area contributed by atoms with Crippen LogP contribution in [0.4, 0.5) is 0 Å². The fraction of sp³-hybridized carbons (Fsp3) is 0.562. The zero-order chi connectivity index (χ0) is 16.6. The van der Waals surface area contributed by atoms with E-state index in [1.165, 1.54) is 0 Å². The van der Waals surface area contributed by atoms with E-state index in [-0.39, 0.29) is 30.4 Å². The molecule has 0 saturated carbocycles. The summed E-state index contributed by atoms with van der Waals surface area (Å²) < 4.78 is 0. The summed E-state index contributed by atoms with van der Waals surface area (Å²) in [6, 6.07) is 5.71. The van der Waals surface area contributed by atoms with Gasteiger partial charge in [0.1, 0.15) is 0 Å². The third-order valence-corrected chi connectivity index (χ3v) is 3.07. The van der Waals surface area contributed by atoms with Crippen LogP contribution < -0.4 is 10.6 Å². The van der Waals surface area contributed by atoms with Crippen LogP contribution in [0.2, 0.25) is 0 Å². The van der Waals surface area contributed by atoms with Crippen molar-refractivity contribution in [3.8, 4) is 0 Å². The van der Waals surface area contributed by atoms with E-state index >= 15 is 0 Å². The Bertz CT molecular complexity index is 483. The third kappa shape index (κ3) is 7.73. The molecule has 6 heteroatoms. The van der Waals surface area contributed by atoms with Gasteiger partial charge in [0.25, 0.3) is 0 Å². The number of likely N-dealkylation sites (N-methyl/N-ethyl adjacent to an activating group) is 1. The lowest BCUT2D eigenvalue weighted by Gasteiger charge is -2.20. The molecule has 0 aliphatic rings. The van der Waals surface area contributed by atoms with Gasteiger partial charge in [-0.3, -0.25) is 14.6 Å².